The van der Waals surface area contributed by atoms with Crippen LogP contribution >= 0.6 is 0 Å². The van der Waals surface area contributed by atoms with Crippen LogP contribution in [0.3, 0.4) is 0 Å². The van der Waals surface area contributed by atoms with E-state index in [-0.39, 0.29) is 12.0 Å². The highest BCUT2D eigenvalue weighted by molar-refractivity contribution is 5.79. The molecule has 0 amide bonds. The summed E-state index contributed by atoms with van der Waals surface area (Å²) in [5.74, 6) is 0.0713. The van der Waals surface area contributed by atoms with Crippen LogP contribution in [-0.2, 0) is 0 Å². The zero-order valence-corrected chi connectivity index (χ0v) is 10.2. The summed E-state index contributed by atoms with van der Waals surface area (Å²) in [5, 5.41) is 10.9. The molecule has 0 spiro atoms. The van der Waals surface area contributed by atoms with E-state index >= 15 is 0 Å². The topological polar surface area (TPSA) is 87.1 Å². The van der Waals surface area contributed by atoms with Crippen molar-refractivity contribution < 1.29 is 0 Å². The minimum atomic E-state index is -0.330. The van der Waals surface area contributed by atoms with Crippen LogP contribution in [0.25, 0.3) is 0 Å². The summed E-state index contributed by atoms with van der Waals surface area (Å²) in [5.41, 5.74) is 7.38. The zero-order valence-electron chi connectivity index (χ0n) is 10.2. The molecule has 94 valence electrons. The fourth-order valence-corrected chi connectivity index (χ4v) is 1.71. The molecule has 1 aromatic carbocycles. The molecular formula is C14H13N5. The molecule has 1 atom stereocenters. The first-order valence-electron chi connectivity index (χ1n) is 5.75. The second kappa shape index (κ2) is 6.17. The van der Waals surface area contributed by atoms with Gasteiger partial charge in [-0.15, -0.1) is 0 Å². The van der Waals surface area contributed by atoms with Crippen LogP contribution < -0.4 is 11.1 Å². The SMILES string of the molecule is N#CNC(N)=NC(c1ccccc1)c1ccccn1. The number of aliphatic imine (C=N–C) groups is 1. The first-order chi connectivity index (χ1) is 9.31. The van der Waals surface area contributed by atoms with E-state index in [4.69, 9.17) is 11.0 Å². The predicted octanol–water partition coefficient (Wildman–Crippen LogP) is 1.56. The number of aromatic nitrogens is 1. The van der Waals surface area contributed by atoms with E-state index in [1.165, 1.54) is 0 Å². The van der Waals surface area contributed by atoms with Gasteiger partial charge in [-0.05, 0) is 17.7 Å². The molecule has 5 nitrogen and oxygen atoms in total. The van der Waals surface area contributed by atoms with E-state index in [0.717, 1.165) is 11.3 Å². The van der Waals surface area contributed by atoms with Crippen LogP contribution in [0.5, 0.6) is 0 Å². The maximum absolute atomic E-state index is 8.55. The van der Waals surface area contributed by atoms with Gasteiger partial charge in [-0.3, -0.25) is 10.3 Å². The maximum atomic E-state index is 8.55. The van der Waals surface area contributed by atoms with Gasteiger partial charge < -0.3 is 5.73 Å². The van der Waals surface area contributed by atoms with E-state index in [9.17, 15) is 0 Å². The highest BCUT2D eigenvalue weighted by atomic mass is 15.1. The Kier molecular flexibility index (Phi) is 4.09. The highest BCUT2D eigenvalue weighted by Crippen LogP contribution is 2.23. The molecule has 0 bridgehead atoms. The van der Waals surface area contributed by atoms with Crippen molar-refractivity contribution in [2.24, 2.45) is 10.7 Å². The molecule has 0 saturated heterocycles. The largest absolute Gasteiger partial charge is 0.369 e. The fourth-order valence-electron chi connectivity index (χ4n) is 1.71. The average Bonchev–Trinajstić information content (AvgIpc) is 2.47. The molecule has 0 aliphatic rings. The van der Waals surface area contributed by atoms with Gasteiger partial charge in [0.05, 0.1) is 5.69 Å². The minimum Gasteiger partial charge on any atom is -0.369 e. The van der Waals surface area contributed by atoms with E-state index < -0.39 is 0 Å². The molecule has 1 aromatic heterocycles. The van der Waals surface area contributed by atoms with Crippen LogP contribution in [0.2, 0.25) is 0 Å². The zero-order chi connectivity index (χ0) is 13.5. The standard InChI is InChI=1S/C14H13N5/c15-10-18-14(16)19-13(11-6-2-1-3-7-11)12-8-4-5-9-17-12/h1-9,13H,(H3,16,18,19). The Morgan fingerprint density at radius 1 is 1.21 bits per heavy atom. The number of nitrogens with two attached hydrogens (primary N) is 1. The molecule has 1 unspecified atom stereocenters. The Labute approximate surface area is 111 Å². The van der Waals surface area contributed by atoms with Crippen molar-refractivity contribution in [3.05, 3.63) is 66.0 Å². The minimum absolute atomic E-state index is 0.0713. The van der Waals surface area contributed by atoms with Crippen molar-refractivity contribution in [1.29, 1.82) is 5.26 Å². The van der Waals surface area contributed by atoms with Gasteiger partial charge in [0, 0.05) is 6.20 Å². The lowest BCUT2D eigenvalue weighted by atomic mass is 10.0. The normalized spacial score (nSPS) is 12.5. The third kappa shape index (κ3) is 3.30. The van der Waals surface area contributed by atoms with E-state index in [1.807, 2.05) is 48.5 Å². The predicted molar refractivity (Wildman–Crippen MR) is 72.9 cm³/mol. The molecule has 2 aromatic rings. The van der Waals surface area contributed by atoms with Crippen molar-refractivity contribution in [3.63, 3.8) is 0 Å². The summed E-state index contributed by atoms with van der Waals surface area (Å²) in [7, 11) is 0. The van der Waals surface area contributed by atoms with Crippen LogP contribution in [0.4, 0.5) is 0 Å². The summed E-state index contributed by atoms with van der Waals surface area (Å²) >= 11 is 0. The van der Waals surface area contributed by atoms with Gasteiger partial charge in [0.2, 0.25) is 5.96 Å². The third-order valence-electron chi connectivity index (χ3n) is 2.54. The summed E-state index contributed by atoms with van der Waals surface area (Å²) in [6, 6.07) is 15.0. The number of hydrogen-bond donors (Lipinski definition) is 2. The van der Waals surface area contributed by atoms with Crippen LogP contribution in [0.1, 0.15) is 17.3 Å². The van der Waals surface area contributed by atoms with Gasteiger partial charge in [0.15, 0.2) is 6.19 Å². The second-order valence-electron chi connectivity index (χ2n) is 3.82. The smallest absolute Gasteiger partial charge is 0.203 e. The van der Waals surface area contributed by atoms with Crippen molar-refractivity contribution >= 4 is 5.96 Å². The fraction of sp³-hybridized carbons (Fsp3) is 0.0714. The molecule has 3 N–H and O–H groups in total. The molecule has 2 rings (SSSR count). The summed E-state index contributed by atoms with van der Waals surface area (Å²) in [4.78, 5) is 8.60. The molecule has 0 fully saturated rings. The average molecular weight is 251 g/mol. The first-order valence-corrected chi connectivity index (χ1v) is 5.75. The van der Waals surface area contributed by atoms with Gasteiger partial charge in [-0.1, -0.05) is 36.4 Å². The molecule has 5 heteroatoms. The van der Waals surface area contributed by atoms with Crippen molar-refractivity contribution in [1.82, 2.24) is 10.3 Å². The van der Waals surface area contributed by atoms with Gasteiger partial charge in [-0.2, -0.15) is 5.26 Å². The monoisotopic (exact) mass is 251 g/mol. The molecule has 0 saturated carbocycles. The number of nitriles is 1. The van der Waals surface area contributed by atoms with Crippen molar-refractivity contribution in [2.45, 2.75) is 6.04 Å². The Morgan fingerprint density at radius 2 is 1.95 bits per heavy atom. The number of rotatable bonds is 3. The first kappa shape index (κ1) is 12.6. The van der Waals surface area contributed by atoms with E-state index in [1.54, 1.807) is 12.4 Å². The van der Waals surface area contributed by atoms with Gasteiger partial charge in [-0.25, -0.2) is 4.99 Å². The Hall–Kier alpha value is -2.87. The van der Waals surface area contributed by atoms with E-state index in [2.05, 4.69) is 15.3 Å². The number of pyridine rings is 1. The molecule has 1 heterocycles. The summed E-state index contributed by atoms with van der Waals surface area (Å²) < 4.78 is 0. The highest BCUT2D eigenvalue weighted by Gasteiger charge is 2.14. The maximum Gasteiger partial charge on any atom is 0.203 e. The van der Waals surface area contributed by atoms with Crippen molar-refractivity contribution in [2.75, 3.05) is 0 Å². The number of hydrogen-bond acceptors (Lipinski definition) is 3. The Morgan fingerprint density at radius 3 is 2.58 bits per heavy atom. The summed E-state index contributed by atoms with van der Waals surface area (Å²) in [6.07, 6.45) is 3.45. The third-order valence-corrected chi connectivity index (χ3v) is 2.54. The van der Waals surface area contributed by atoms with Gasteiger partial charge >= 0.3 is 0 Å². The number of guanidine groups is 1. The van der Waals surface area contributed by atoms with Crippen LogP contribution in [0.15, 0.2) is 59.7 Å². The second-order valence-corrected chi connectivity index (χ2v) is 3.82. The van der Waals surface area contributed by atoms with Crippen LogP contribution in [-0.4, -0.2) is 10.9 Å². The summed E-state index contributed by atoms with van der Waals surface area (Å²) in [6.45, 7) is 0. The van der Waals surface area contributed by atoms with Crippen molar-refractivity contribution in [3.8, 4) is 6.19 Å². The lowest BCUT2D eigenvalue weighted by Crippen LogP contribution is -2.28. The molecule has 0 aliphatic carbocycles. The van der Waals surface area contributed by atoms with Gasteiger partial charge in [0.25, 0.3) is 0 Å². The number of nitrogens with one attached hydrogen (secondary N) is 1. The van der Waals surface area contributed by atoms with E-state index in [0.29, 0.717) is 0 Å². The van der Waals surface area contributed by atoms with Crippen LogP contribution in [0, 0.1) is 11.5 Å². The molecule has 0 radical (unpaired) electrons. The number of benzene rings is 1. The quantitative estimate of drug-likeness (QED) is 0.375. The molecule has 19 heavy (non-hydrogen) atoms. The Bertz CT molecular complexity index is 547. The molecular weight excluding hydrogens is 238 g/mol. The Balaban J connectivity index is 2.41. The lowest BCUT2D eigenvalue weighted by Gasteiger charge is -2.13. The lowest BCUT2D eigenvalue weighted by molar-refractivity contribution is 0.821. The number of nitrogens with zero attached hydrogens (tertiary/aromatic N) is 3. The van der Waals surface area contributed by atoms with Gasteiger partial charge in [0.1, 0.15) is 6.04 Å². The molecule has 0 aliphatic heterocycles.